The number of ether oxygens (including phenoxy) is 2. The highest BCUT2D eigenvalue weighted by Gasteiger charge is 2.16. The number of benzene rings is 3. The summed E-state index contributed by atoms with van der Waals surface area (Å²) in [6.45, 7) is 1.81. The fraction of sp³-hybridized carbons (Fsp3) is 0.240. The Morgan fingerprint density at radius 3 is 2.74 bits per heavy atom. The van der Waals surface area contributed by atoms with Gasteiger partial charge in [0, 0.05) is 28.5 Å². The fourth-order valence-electron chi connectivity index (χ4n) is 3.84. The van der Waals surface area contributed by atoms with Gasteiger partial charge in [0.2, 0.25) is 0 Å². The van der Waals surface area contributed by atoms with Crippen LogP contribution in [-0.2, 0) is 6.54 Å². The third-order valence-corrected chi connectivity index (χ3v) is 7.11. The topological polar surface area (TPSA) is 95.9 Å². The molecule has 0 saturated carbocycles. The van der Waals surface area contributed by atoms with Gasteiger partial charge in [-0.15, -0.1) is 0 Å². The van der Waals surface area contributed by atoms with Crippen LogP contribution in [0.25, 0.3) is 21.2 Å². The molecule has 2 heterocycles. The number of aromatic nitrogens is 1. The molecule has 1 aliphatic rings. The van der Waals surface area contributed by atoms with Crippen molar-refractivity contribution in [3.63, 3.8) is 0 Å². The van der Waals surface area contributed by atoms with Crippen molar-refractivity contribution in [2.24, 2.45) is 0 Å². The molecule has 1 aromatic heterocycles. The molecule has 176 valence electrons. The molecule has 4 aromatic rings. The number of anilines is 2. The van der Waals surface area contributed by atoms with Crippen LogP contribution >= 0.6 is 27.5 Å². The Labute approximate surface area is 209 Å². The molecule has 7 nitrogen and oxygen atoms in total. The largest absolute Gasteiger partial charge is 0.486 e. The number of hydrogen-bond acceptors (Lipinski definition) is 8. The molecule has 3 aromatic carbocycles. The number of aliphatic hydroxyl groups is 2. The molecule has 0 fully saturated rings. The van der Waals surface area contributed by atoms with Crippen LogP contribution < -0.4 is 20.1 Å². The second kappa shape index (κ2) is 10.3. The van der Waals surface area contributed by atoms with Gasteiger partial charge in [0.25, 0.3) is 0 Å². The molecule has 0 aliphatic carbocycles. The van der Waals surface area contributed by atoms with E-state index in [2.05, 4.69) is 44.8 Å². The van der Waals surface area contributed by atoms with Gasteiger partial charge >= 0.3 is 0 Å². The number of rotatable bonds is 8. The summed E-state index contributed by atoms with van der Waals surface area (Å²) in [6, 6.07) is 18.3. The van der Waals surface area contributed by atoms with Gasteiger partial charge in [0.05, 0.1) is 23.1 Å². The quantitative estimate of drug-likeness (QED) is 0.257. The van der Waals surface area contributed by atoms with Crippen LogP contribution in [0.1, 0.15) is 5.56 Å². The molecule has 1 atom stereocenters. The zero-order valence-corrected chi connectivity index (χ0v) is 20.7. The second-order valence-corrected chi connectivity index (χ2v) is 9.61. The van der Waals surface area contributed by atoms with Gasteiger partial charge < -0.3 is 30.3 Å². The first-order valence-electron chi connectivity index (χ1n) is 11.0. The monoisotopic (exact) mass is 541 g/mol. The molecule has 5 rings (SSSR count). The van der Waals surface area contributed by atoms with Crippen molar-refractivity contribution in [3.8, 4) is 22.6 Å². The minimum atomic E-state index is -0.755. The smallest absolute Gasteiger partial charge is 0.161 e. The number of aliphatic hydroxyl groups excluding tert-OH is 2. The fourth-order valence-corrected chi connectivity index (χ4v) is 5.24. The molecule has 4 N–H and O–H groups in total. The molecule has 0 spiro atoms. The van der Waals surface area contributed by atoms with E-state index in [-0.39, 0.29) is 6.61 Å². The Balaban J connectivity index is 1.37. The third-order valence-electron chi connectivity index (χ3n) is 5.56. The van der Waals surface area contributed by atoms with Crippen LogP contribution in [0.5, 0.6) is 11.5 Å². The maximum Gasteiger partial charge on any atom is 0.161 e. The van der Waals surface area contributed by atoms with Gasteiger partial charge in [-0.3, -0.25) is 0 Å². The van der Waals surface area contributed by atoms with E-state index in [4.69, 9.17) is 19.0 Å². The predicted molar refractivity (Wildman–Crippen MR) is 138 cm³/mol. The highest BCUT2D eigenvalue weighted by molar-refractivity contribution is 9.10. The molecule has 0 amide bonds. The van der Waals surface area contributed by atoms with Crippen LogP contribution in [0, 0.1) is 0 Å². The van der Waals surface area contributed by atoms with Crippen molar-refractivity contribution in [2.45, 2.75) is 12.6 Å². The van der Waals surface area contributed by atoms with E-state index < -0.39 is 6.10 Å². The molecule has 0 bridgehead atoms. The van der Waals surface area contributed by atoms with Crippen molar-refractivity contribution in [2.75, 3.05) is 31.7 Å². The minimum absolute atomic E-state index is 0.252. The summed E-state index contributed by atoms with van der Waals surface area (Å²) in [4.78, 5) is 0. The Hall–Kier alpha value is -2.69. The first-order valence-corrected chi connectivity index (χ1v) is 12.5. The van der Waals surface area contributed by atoms with Crippen LogP contribution in [0.3, 0.4) is 0 Å². The summed E-state index contributed by atoms with van der Waals surface area (Å²) < 4.78 is 18.1. The SMILES string of the molecule is OC[C@H](O)CNCc1ccc(Nc2nsc3c(-c4ccc5c(c4)OCCO5)cccc23)c(Br)c1. The van der Waals surface area contributed by atoms with Gasteiger partial charge in [-0.05, 0) is 68.9 Å². The second-order valence-electron chi connectivity index (χ2n) is 7.98. The first kappa shape index (κ1) is 23.1. The maximum absolute atomic E-state index is 9.46. The lowest BCUT2D eigenvalue weighted by Crippen LogP contribution is -2.28. The summed E-state index contributed by atoms with van der Waals surface area (Å²) in [5.74, 6) is 2.35. The number of nitrogens with zero attached hydrogens (tertiary/aromatic N) is 1. The lowest BCUT2D eigenvalue weighted by atomic mass is 10.0. The average Bonchev–Trinajstić information content (AvgIpc) is 3.28. The van der Waals surface area contributed by atoms with Gasteiger partial charge in [-0.2, -0.15) is 4.37 Å². The molecular formula is C25H24BrN3O4S. The number of halogens is 1. The van der Waals surface area contributed by atoms with Gasteiger partial charge in [-0.25, -0.2) is 0 Å². The number of fused-ring (bicyclic) bond motifs is 2. The van der Waals surface area contributed by atoms with Crippen LogP contribution in [-0.4, -0.2) is 47.1 Å². The van der Waals surface area contributed by atoms with E-state index in [1.165, 1.54) is 11.5 Å². The highest BCUT2D eigenvalue weighted by Crippen LogP contribution is 2.40. The predicted octanol–water partition coefficient (Wildman–Crippen LogP) is 4.68. The van der Waals surface area contributed by atoms with Crippen molar-refractivity contribution in [1.82, 2.24) is 9.69 Å². The first-order chi connectivity index (χ1) is 16.6. The molecule has 9 heteroatoms. The standard InChI is InChI=1S/C25H24BrN3O4S/c26-20-10-15(12-27-13-17(31)14-30)4-6-21(20)28-25-19-3-1-2-18(24(19)34-29-25)16-5-7-22-23(11-16)33-9-8-32-22/h1-7,10-11,17,27,30-31H,8-9,12-14H2,(H,28,29)/t17-/m1/s1. The lowest BCUT2D eigenvalue weighted by Gasteiger charge is -2.19. The van der Waals surface area contributed by atoms with Crippen molar-refractivity contribution >= 4 is 49.1 Å². The minimum Gasteiger partial charge on any atom is -0.486 e. The van der Waals surface area contributed by atoms with E-state index in [0.717, 1.165) is 54.3 Å². The number of hydrogen-bond donors (Lipinski definition) is 4. The van der Waals surface area contributed by atoms with Crippen LogP contribution in [0.4, 0.5) is 11.5 Å². The van der Waals surface area contributed by atoms with E-state index in [1.807, 2.05) is 36.4 Å². The third kappa shape index (κ3) is 4.89. The summed E-state index contributed by atoms with van der Waals surface area (Å²) in [7, 11) is 0. The Bertz CT molecular complexity index is 1310. The summed E-state index contributed by atoms with van der Waals surface area (Å²) in [6.07, 6.45) is -0.755. The van der Waals surface area contributed by atoms with Crippen LogP contribution in [0.2, 0.25) is 0 Å². The Morgan fingerprint density at radius 2 is 1.91 bits per heavy atom. The zero-order valence-electron chi connectivity index (χ0n) is 18.3. The maximum atomic E-state index is 9.46. The molecule has 34 heavy (non-hydrogen) atoms. The summed E-state index contributed by atoms with van der Waals surface area (Å²) in [5.41, 5.74) is 4.14. The van der Waals surface area contributed by atoms with Crippen molar-refractivity contribution < 1.29 is 19.7 Å². The van der Waals surface area contributed by atoms with Crippen LogP contribution in [0.15, 0.2) is 59.1 Å². The van der Waals surface area contributed by atoms with Crippen molar-refractivity contribution in [1.29, 1.82) is 0 Å². The van der Waals surface area contributed by atoms with Gasteiger partial charge in [0.15, 0.2) is 17.3 Å². The molecule has 1 aliphatic heterocycles. The molecular weight excluding hydrogens is 518 g/mol. The number of nitrogens with one attached hydrogen (secondary N) is 2. The molecule has 0 saturated heterocycles. The van der Waals surface area contributed by atoms with Gasteiger partial charge in [0.1, 0.15) is 13.2 Å². The van der Waals surface area contributed by atoms with E-state index in [0.29, 0.717) is 26.3 Å². The highest BCUT2D eigenvalue weighted by atomic mass is 79.9. The normalized spacial score (nSPS) is 13.7. The molecule has 0 unspecified atom stereocenters. The molecule has 0 radical (unpaired) electrons. The van der Waals surface area contributed by atoms with Gasteiger partial charge in [-0.1, -0.05) is 24.3 Å². The van der Waals surface area contributed by atoms with E-state index in [9.17, 15) is 5.11 Å². The lowest BCUT2D eigenvalue weighted by molar-refractivity contribution is 0.0942. The van der Waals surface area contributed by atoms with E-state index >= 15 is 0 Å². The summed E-state index contributed by atoms with van der Waals surface area (Å²) >= 11 is 5.11. The average molecular weight is 542 g/mol. The van der Waals surface area contributed by atoms with E-state index in [1.54, 1.807) is 0 Å². The van der Waals surface area contributed by atoms with Crippen molar-refractivity contribution in [3.05, 3.63) is 64.6 Å². The zero-order chi connectivity index (χ0) is 23.5. The Kier molecular flexibility index (Phi) is 6.98. The summed E-state index contributed by atoms with van der Waals surface area (Å²) in [5, 5.41) is 26.0. The Morgan fingerprint density at radius 1 is 1.06 bits per heavy atom.